The largest absolute Gasteiger partial charge is 0.494 e. The van der Waals surface area contributed by atoms with Crippen LogP contribution in [0, 0.1) is 0 Å². The van der Waals surface area contributed by atoms with E-state index in [0.717, 1.165) is 23.3 Å². The number of anilines is 1. The highest BCUT2D eigenvalue weighted by Crippen LogP contribution is 2.19. The Morgan fingerprint density at radius 1 is 1.37 bits per heavy atom. The molecule has 2 rings (SSSR count). The zero-order chi connectivity index (χ0) is 13.7. The van der Waals surface area contributed by atoms with Gasteiger partial charge >= 0.3 is 0 Å². The Balaban J connectivity index is 1.95. The van der Waals surface area contributed by atoms with Crippen LogP contribution in [0.4, 0.5) is 5.13 Å². The summed E-state index contributed by atoms with van der Waals surface area (Å²) in [5.74, 6) is 2.17. The molecule has 0 bridgehead atoms. The third-order valence-electron chi connectivity index (χ3n) is 2.61. The highest BCUT2D eigenvalue weighted by atomic mass is 32.1. The van der Waals surface area contributed by atoms with Crippen LogP contribution in [-0.4, -0.2) is 16.0 Å². The fourth-order valence-corrected chi connectivity index (χ4v) is 2.33. The van der Waals surface area contributed by atoms with Gasteiger partial charge in [0, 0.05) is 24.0 Å². The maximum absolute atomic E-state index is 5.48. The molecule has 5 heteroatoms. The van der Waals surface area contributed by atoms with Gasteiger partial charge in [0.05, 0.1) is 6.61 Å². The lowest BCUT2D eigenvalue weighted by Gasteiger charge is -2.06. The molecule has 0 aliphatic rings. The Labute approximate surface area is 118 Å². The van der Waals surface area contributed by atoms with E-state index in [1.807, 2.05) is 25.1 Å². The van der Waals surface area contributed by atoms with Crippen molar-refractivity contribution < 1.29 is 4.74 Å². The second-order valence-corrected chi connectivity index (χ2v) is 5.30. The van der Waals surface area contributed by atoms with Gasteiger partial charge in [-0.3, -0.25) is 0 Å². The standard InChI is InChI=1S/C14H19N3OS/c1-4-18-12-7-5-6-11(8-12)9-15-14-16-13(10(2)3)17-19-14/h5-8,10H,4,9H2,1-3H3,(H,15,16,17). The Bertz CT molecular complexity index is 525. The van der Waals surface area contributed by atoms with E-state index >= 15 is 0 Å². The zero-order valence-corrected chi connectivity index (χ0v) is 12.3. The van der Waals surface area contributed by atoms with E-state index in [0.29, 0.717) is 12.5 Å². The molecule has 0 amide bonds. The summed E-state index contributed by atoms with van der Waals surface area (Å²) in [4.78, 5) is 4.45. The van der Waals surface area contributed by atoms with Gasteiger partial charge in [0.25, 0.3) is 0 Å². The van der Waals surface area contributed by atoms with Crippen molar-refractivity contribution in [1.29, 1.82) is 0 Å². The van der Waals surface area contributed by atoms with Crippen LogP contribution < -0.4 is 10.1 Å². The normalized spacial score (nSPS) is 10.7. The zero-order valence-electron chi connectivity index (χ0n) is 11.5. The predicted molar refractivity (Wildman–Crippen MR) is 78.9 cm³/mol. The van der Waals surface area contributed by atoms with E-state index in [9.17, 15) is 0 Å². The van der Waals surface area contributed by atoms with Crippen molar-refractivity contribution in [2.24, 2.45) is 0 Å². The maximum Gasteiger partial charge on any atom is 0.202 e. The van der Waals surface area contributed by atoms with Crippen LogP contribution in [0.1, 0.15) is 38.1 Å². The first-order chi connectivity index (χ1) is 9.19. The van der Waals surface area contributed by atoms with Crippen molar-refractivity contribution in [3.63, 3.8) is 0 Å². The molecular weight excluding hydrogens is 258 g/mol. The summed E-state index contributed by atoms with van der Waals surface area (Å²) in [7, 11) is 0. The van der Waals surface area contributed by atoms with Gasteiger partial charge in [-0.25, -0.2) is 4.98 Å². The molecule has 1 aromatic heterocycles. The van der Waals surface area contributed by atoms with Crippen LogP contribution >= 0.6 is 11.5 Å². The lowest BCUT2D eigenvalue weighted by molar-refractivity contribution is 0.340. The van der Waals surface area contributed by atoms with Crippen LogP contribution in [0.15, 0.2) is 24.3 Å². The second kappa shape index (κ2) is 6.52. The number of nitrogens with zero attached hydrogens (tertiary/aromatic N) is 2. The van der Waals surface area contributed by atoms with Gasteiger partial charge in [0.2, 0.25) is 5.13 Å². The molecule has 19 heavy (non-hydrogen) atoms. The van der Waals surface area contributed by atoms with Gasteiger partial charge in [-0.1, -0.05) is 26.0 Å². The molecule has 0 atom stereocenters. The van der Waals surface area contributed by atoms with E-state index in [1.165, 1.54) is 17.1 Å². The number of nitrogens with one attached hydrogen (secondary N) is 1. The van der Waals surface area contributed by atoms with Gasteiger partial charge in [0.1, 0.15) is 11.6 Å². The molecule has 0 radical (unpaired) electrons. The lowest BCUT2D eigenvalue weighted by Crippen LogP contribution is -2.00. The van der Waals surface area contributed by atoms with Crippen molar-refractivity contribution in [1.82, 2.24) is 9.36 Å². The third kappa shape index (κ3) is 3.92. The Hall–Kier alpha value is -1.62. The number of aromatic nitrogens is 2. The first kappa shape index (κ1) is 13.8. The highest BCUT2D eigenvalue weighted by molar-refractivity contribution is 7.09. The minimum absolute atomic E-state index is 0.369. The monoisotopic (exact) mass is 277 g/mol. The molecule has 0 saturated heterocycles. The Morgan fingerprint density at radius 2 is 2.21 bits per heavy atom. The summed E-state index contributed by atoms with van der Waals surface area (Å²) in [6.45, 7) is 7.59. The summed E-state index contributed by atoms with van der Waals surface area (Å²) >= 11 is 1.41. The molecule has 0 aliphatic carbocycles. The van der Waals surface area contributed by atoms with E-state index in [-0.39, 0.29) is 0 Å². The molecule has 0 spiro atoms. The van der Waals surface area contributed by atoms with Gasteiger partial charge < -0.3 is 10.1 Å². The molecule has 0 fully saturated rings. The number of hydrogen-bond acceptors (Lipinski definition) is 5. The minimum atomic E-state index is 0.369. The van der Waals surface area contributed by atoms with E-state index < -0.39 is 0 Å². The van der Waals surface area contributed by atoms with E-state index in [4.69, 9.17) is 4.74 Å². The van der Waals surface area contributed by atoms with Crippen LogP contribution in [0.3, 0.4) is 0 Å². The summed E-state index contributed by atoms with van der Waals surface area (Å²) in [5, 5.41) is 4.16. The Kier molecular flexibility index (Phi) is 4.74. The van der Waals surface area contributed by atoms with Gasteiger partial charge in [-0.2, -0.15) is 4.37 Å². The maximum atomic E-state index is 5.48. The van der Waals surface area contributed by atoms with E-state index in [2.05, 4.69) is 34.6 Å². The molecule has 4 nitrogen and oxygen atoms in total. The molecule has 1 heterocycles. The van der Waals surface area contributed by atoms with Gasteiger partial charge in [-0.05, 0) is 24.6 Å². The average molecular weight is 277 g/mol. The Morgan fingerprint density at radius 3 is 2.89 bits per heavy atom. The number of hydrogen-bond donors (Lipinski definition) is 1. The first-order valence-corrected chi connectivity index (χ1v) is 7.25. The summed E-state index contributed by atoms with van der Waals surface area (Å²) in [5.41, 5.74) is 1.17. The molecule has 1 aromatic carbocycles. The van der Waals surface area contributed by atoms with Crippen LogP contribution in [0.5, 0.6) is 5.75 Å². The number of rotatable bonds is 6. The molecule has 102 valence electrons. The molecule has 2 aromatic rings. The summed E-state index contributed by atoms with van der Waals surface area (Å²) in [6.07, 6.45) is 0. The van der Waals surface area contributed by atoms with Crippen molar-refractivity contribution in [2.45, 2.75) is 33.2 Å². The smallest absolute Gasteiger partial charge is 0.202 e. The van der Waals surface area contributed by atoms with E-state index in [1.54, 1.807) is 0 Å². The fourth-order valence-electron chi connectivity index (χ4n) is 1.63. The molecular formula is C14H19N3OS. The highest BCUT2D eigenvalue weighted by Gasteiger charge is 2.07. The van der Waals surface area contributed by atoms with Gasteiger partial charge in [0.15, 0.2) is 0 Å². The minimum Gasteiger partial charge on any atom is -0.494 e. The van der Waals surface area contributed by atoms with Crippen molar-refractivity contribution in [3.05, 3.63) is 35.7 Å². The summed E-state index contributed by atoms with van der Waals surface area (Å²) < 4.78 is 9.80. The molecule has 0 saturated carbocycles. The van der Waals surface area contributed by atoms with Crippen LogP contribution in [0.25, 0.3) is 0 Å². The predicted octanol–water partition coefficient (Wildman–Crippen LogP) is 3.67. The molecule has 0 unspecified atom stereocenters. The van der Waals surface area contributed by atoms with Crippen molar-refractivity contribution in [3.8, 4) is 5.75 Å². The average Bonchev–Trinajstić information content (AvgIpc) is 2.86. The van der Waals surface area contributed by atoms with Crippen LogP contribution in [0.2, 0.25) is 0 Å². The third-order valence-corrected chi connectivity index (χ3v) is 3.30. The SMILES string of the molecule is CCOc1cccc(CNc2nc(C(C)C)ns2)c1. The molecule has 1 N–H and O–H groups in total. The first-order valence-electron chi connectivity index (χ1n) is 6.48. The topological polar surface area (TPSA) is 47.0 Å². The number of benzene rings is 1. The number of ether oxygens (including phenoxy) is 1. The fraction of sp³-hybridized carbons (Fsp3) is 0.429. The molecule has 0 aliphatic heterocycles. The van der Waals surface area contributed by atoms with Crippen molar-refractivity contribution >= 4 is 16.7 Å². The van der Waals surface area contributed by atoms with Crippen LogP contribution in [-0.2, 0) is 6.54 Å². The van der Waals surface area contributed by atoms with Gasteiger partial charge in [-0.15, -0.1) is 0 Å². The second-order valence-electron chi connectivity index (χ2n) is 4.55. The van der Waals surface area contributed by atoms with Crippen molar-refractivity contribution in [2.75, 3.05) is 11.9 Å². The summed E-state index contributed by atoms with van der Waals surface area (Å²) in [6, 6.07) is 8.08. The quantitative estimate of drug-likeness (QED) is 0.875. The lowest BCUT2D eigenvalue weighted by atomic mass is 10.2.